The van der Waals surface area contributed by atoms with Crippen molar-refractivity contribution in [1.29, 1.82) is 0 Å². The van der Waals surface area contributed by atoms with E-state index in [1.54, 1.807) is 29.4 Å². The molecule has 0 radical (unpaired) electrons. The van der Waals surface area contributed by atoms with Crippen molar-refractivity contribution in [2.75, 3.05) is 6.54 Å². The highest BCUT2D eigenvalue weighted by molar-refractivity contribution is 6.40. The Morgan fingerprint density at radius 2 is 1.92 bits per heavy atom. The SMILES string of the molecule is Cc1cccc(C[C@H](NC(=O)c2c(Cl)cc3c(c2Cl)CCN(C(=O)c2ccc4ccoc4c2)C3)C(=O)O)c1. The molecular weight excluding hydrogens is 527 g/mol. The predicted molar refractivity (Wildman–Crippen MR) is 145 cm³/mol. The molecule has 194 valence electrons. The number of hydrogen-bond donors (Lipinski definition) is 2. The monoisotopic (exact) mass is 550 g/mol. The molecule has 0 bridgehead atoms. The van der Waals surface area contributed by atoms with Gasteiger partial charge in [0.2, 0.25) is 0 Å². The lowest BCUT2D eigenvalue weighted by atomic mass is 9.95. The van der Waals surface area contributed by atoms with E-state index in [2.05, 4.69) is 5.32 Å². The summed E-state index contributed by atoms with van der Waals surface area (Å²) in [6.07, 6.45) is 2.12. The highest BCUT2D eigenvalue weighted by Crippen LogP contribution is 2.35. The molecule has 4 aromatic rings. The number of benzene rings is 3. The number of aliphatic carboxylic acids is 1. The van der Waals surface area contributed by atoms with Gasteiger partial charge in [0.1, 0.15) is 11.6 Å². The van der Waals surface area contributed by atoms with Gasteiger partial charge >= 0.3 is 5.97 Å². The maximum Gasteiger partial charge on any atom is 0.326 e. The third-order valence-corrected chi connectivity index (χ3v) is 7.46. The van der Waals surface area contributed by atoms with Gasteiger partial charge in [-0.15, -0.1) is 0 Å². The molecule has 0 saturated heterocycles. The Morgan fingerprint density at radius 1 is 1.11 bits per heavy atom. The first-order chi connectivity index (χ1) is 18.2. The summed E-state index contributed by atoms with van der Waals surface area (Å²) in [5.74, 6) is -1.97. The standard InChI is InChI=1S/C29H24Cl2N2O5/c1-16-3-2-4-17(11-16)12-23(29(36)37)32-27(34)25-22(30)13-20-15-33(9-7-21(20)26(25)31)28(35)19-6-5-18-8-10-38-24(18)14-19/h2-6,8,10-11,13-14,23H,7,9,12,15H2,1H3,(H,32,34)(H,36,37)/t23-/m0/s1. The predicted octanol–water partition coefficient (Wildman–Crippen LogP) is 5.67. The van der Waals surface area contributed by atoms with Crippen LogP contribution in [0.4, 0.5) is 0 Å². The molecule has 2 N–H and O–H groups in total. The second-order valence-corrected chi connectivity index (χ2v) is 10.2. The van der Waals surface area contributed by atoms with E-state index >= 15 is 0 Å². The van der Waals surface area contributed by atoms with Crippen LogP contribution in [0.15, 0.2) is 65.3 Å². The number of rotatable bonds is 6. The largest absolute Gasteiger partial charge is 0.480 e. The smallest absolute Gasteiger partial charge is 0.326 e. The molecule has 5 rings (SSSR count). The summed E-state index contributed by atoms with van der Waals surface area (Å²) in [7, 11) is 0. The van der Waals surface area contributed by atoms with Gasteiger partial charge in [0.25, 0.3) is 11.8 Å². The number of aryl methyl sites for hydroxylation is 1. The molecule has 2 amide bonds. The van der Waals surface area contributed by atoms with Gasteiger partial charge in [0.05, 0.1) is 21.9 Å². The molecular formula is C29H24Cl2N2O5. The van der Waals surface area contributed by atoms with Crippen LogP contribution in [0, 0.1) is 6.92 Å². The molecule has 38 heavy (non-hydrogen) atoms. The molecule has 0 spiro atoms. The van der Waals surface area contributed by atoms with Gasteiger partial charge in [-0.1, -0.05) is 59.1 Å². The Kier molecular flexibility index (Phi) is 7.15. The number of carbonyl (C=O) groups excluding carboxylic acids is 2. The Bertz CT molecular complexity index is 1580. The minimum atomic E-state index is -1.16. The van der Waals surface area contributed by atoms with Crippen LogP contribution in [0.5, 0.6) is 0 Å². The molecule has 9 heteroatoms. The lowest BCUT2D eigenvalue weighted by Gasteiger charge is -2.30. The van der Waals surface area contributed by atoms with Crippen LogP contribution in [-0.4, -0.2) is 40.4 Å². The quantitative estimate of drug-likeness (QED) is 0.322. The summed E-state index contributed by atoms with van der Waals surface area (Å²) in [5.41, 5.74) is 4.42. The fourth-order valence-electron chi connectivity index (χ4n) is 4.81. The van der Waals surface area contributed by atoms with Gasteiger partial charge in [-0.2, -0.15) is 0 Å². The molecule has 0 aliphatic carbocycles. The molecule has 2 heterocycles. The van der Waals surface area contributed by atoms with Crippen LogP contribution in [0.2, 0.25) is 10.0 Å². The Labute approximate surface area is 228 Å². The van der Waals surface area contributed by atoms with Crippen molar-refractivity contribution in [3.8, 4) is 0 Å². The van der Waals surface area contributed by atoms with E-state index in [0.29, 0.717) is 24.1 Å². The molecule has 1 aromatic heterocycles. The van der Waals surface area contributed by atoms with Crippen molar-refractivity contribution in [2.24, 2.45) is 0 Å². The van der Waals surface area contributed by atoms with Crippen molar-refractivity contribution in [3.63, 3.8) is 0 Å². The van der Waals surface area contributed by atoms with Gasteiger partial charge in [-0.25, -0.2) is 4.79 Å². The molecule has 0 unspecified atom stereocenters. The molecule has 1 aliphatic rings. The van der Waals surface area contributed by atoms with Crippen LogP contribution >= 0.6 is 23.2 Å². The number of amides is 2. The second kappa shape index (κ2) is 10.5. The molecule has 1 atom stereocenters. The van der Waals surface area contributed by atoms with Crippen molar-refractivity contribution >= 4 is 52.0 Å². The number of furan rings is 1. The third-order valence-electron chi connectivity index (χ3n) is 6.75. The van der Waals surface area contributed by atoms with E-state index in [0.717, 1.165) is 27.6 Å². The fraction of sp³-hybridized carbons (Fsp3) is 0.207. The highest BCUT2D eigenvalue weighted by atomic mass is 35.5. The zero-order chi connectivity index (χ0) is 27.0. The number of carboxylic acids is 1. The average molecular weight is 551 g/mol. The molecule has 0 saturated carbocycles. The summed E-state index contributed by atoms with van der Waals surface area (Å²) in [5, 5.41) is 13.5. The van der Waals surface area contributed by atoms with Crippen LogP contribution in [0.1, 0.15) is 43.0 Å². The number of halogens is 2. The first-order valence-electron chi connectivity index (χ1n) is 12.1. The van der Waals surface area contributed by atoms with Crippen LogP contribution < -0.4 is 5.32 Å². The van der Waals surface area contributed by atoms with Gasteiger partial charge in [0, 0.05) is 30.5 Å². The normalized spacial score (nSPS) is 13.7. The number of nitrogens with zero attached hydrogens (tertiary/aromatic N) is 1. The van der Waals surface area contributed by atoms with Gasteiger partial charge in [0.15, 0.2) is 0 Å². The van der Waals surface area contributed by atoms with E-state index < -0.39 is 17.9 Å². The highest BCUT2D eigenvalue weighted by Gasteiger charge is 2.29. The minimum Gasteiger partial charge on any atom is -0.480 e. The number of carbonyl (C=O) groups is 3. The Morgan fingerprint density at radius 3 is 2.68 bits per heavy atom. The van der Waals surface area contributed by atoms with E-state index in [1.165, 1.54) is 0 Å². The summed E-state index contributed by atoms with van der Waals surface area (Å²) < 4.78 is 5.42. The van der Waals surface area contributed by atoms with Crippen LogP contribution in [0.3, 0.4) is 0 Å². The van der Waals surface area contributed by atoms with E-state index in [4.69, 9.17) is 27.6 Å². The van der Waals surface area contributed by atoms with E-state index in [-0.39, 0.29) is 34.5 Å². The molecule has 0 fully saturated rings. The first-order valence-corrected chi connectivity index (χ1v) is 12.8. The zero-order valence-electron chi connectivity index (χ0n) is 20.5. The summed E-state index contributed by atoms with van der Waals surface area (Å²) in [6, 6.07) is 15.1. The molecule has 3 aromatic carbocycles. The molecule has 7 nitrogen and oxygen atoms in total. The van der Waals surface area contributed by atoms with Crippen molar-refractivity contribution in [3.05, 3.63) is 104 Å². The van der Waals surface area contributed by atoms with Gasteiger partial charge < -0.3 is 19.7 Å². The maximum atomic E-state index is 13.2. The fourth-order valence-corrected chi connectivity index (χ4v) is 5.57. The van der Waals surface area contributed by atoms with Crippen molar-refractivity contribution in [1.82, 2.24) is 10.2 Å². The summed E-state index contributed by atoms with van der Waals surface area (Å²) >= 11 is 13.2. The van der Waals surface area contributed by atoms with Gasteiger partial charge in [-0.3, -0.25) is 9.59 Å². The topological polar surface area (TPSA) is 99.9 Å². The lowest BCUT2D eigenvalue weighted by Crippen LogP contribution is -2.42. The Hall–Kier alpha value is -3.81. The number of hydrogen-bond acceptors (Lipinski definition) is 4. The summed E-state index contributed by atoms with van der Waals surface area (Å²) in [6.45, 7) is 2.59. The van der Waals surface area contributed by atoms with E-state index in [1.807, 2.05) is 43.3 Å². The van der Waals surface area contributed by atoms with Gasteiger partial charge in [-0.05, 0) is 54.3 Å². The van der Waals surface area contributed by atoms with Crippen molar-refractivity contribution < 1.29 is 23.9 Å². The lowest BCUT2D eigenvalue weighted by molar-refractivity contribution is -0.139. The van der Waals surface area contributed by atoms with Crippen LogP contribution in [0.25, 0.3) is 11.0 Å². The third kappa shape index (κ3) is 5.12. The number of carboxylic acid groups (broad SMARTS) is 1. The first kappa shape index (κ1) is 25.8. The number of nitrogens with one attached hydrogen (secondary N) is 1. The minimum absolute atomic E-state index is 0.0330. The average Bonchev–Trinajstić information content (AvgIpc) is 3.35. The zero-order valence-corrected chi connectivity index (χ0v) is 22.0. The van der Waals surface area contributed by atoms with E-state index in [9.17, 15) is 19.5 Å². The van der Waals surface area contributed by atoms with Crippen LogP contribution in [-0.2, 0) is 24.2 Å². The summed E-state index contributed by atoms with van der Waals surface area (Å²) in [4.78, 5) is 39.9. The maximum absolute atomic E-state index is 13.2. The van der Waals surface area contributed by atoms with Crippen molar-refractivity contribution in [2.45, 2.75) is 32.4 Å². The Balaban J connectivity index is 1.35. The second-order valence-electron chi connectivity index (χ2n) is 9.39. The number of fused-ring (bicyclic) bond motifs is 2. The molecule has 1 aliphatic heterocycles.